The Morgan fingerprint density at radius 3 is 2.72 bits per heavy atom. The SMILES string of the molecule is C[C@@H]1CN(c2ccc(CNC(=O)c3ccc[nH]c3=O)cn2)C[C@H](C)O1. The Morgan fingerprint density at radius 1 is 1.32 bits per heavy atom. The van der Waals surface area contributed by atoms with Crippen LogP contribution in [0.2, 0.25) is 0 Å². The number of ether oxygens (including phenoxy) is 1. The number of hydrogen-bond donors (Lipinski definition) is 2. The molecule has 1 aliphatic heterocycles. The van der Waals surface area contributed by atoms with Crippen molar-refractivity contribution in [2.75, 3.05) is 18.0 Å². The predicted octanol–water partition coefficient (Wildman–Crippen LogP) is 1.31. The lowest BCUT2D eigenvalue weighted by atomic mass is 10.2. The molecule has 2 N–H and O–H groups in total. The first-order chi connectivity index (χ1) is 12.0. The van der Waals surface area contributed by atoms with Crippen LogP contribution in [0.5, 0.6) is 0 Å². The van der Waals surface area contributed by atoms with Crippen molar-refractivity contribution < 1.29 is 9.53 Å². The van der Waals surface area contributed by atoms with E-state index in [1.807, 2.05) is 12.1 Å². The van der Waals surface area contributed by atoms with Gasteiger partial charge < -0.3 is 19.9 Å². The molecular weight excluding hydrogens is 320 g/mol. The highest BCUT2D eigenvalue weighted by Crippen LogP contribution is 2.18. The summed E-state index contributed by atoms with van der Waals surface area (Å²) in [5, 5.41) is 2.74. The fourth-order valence-corrected chi connectivity index (χ4v) is 2.95. The number of morpholine rings is 1. The smallest absolute Gasteiger partial charge is 0.260 e. The molecule has 2 aromatic heterocycles. The normalized spacial score (nSPS) is 20.3. The Kier molecular flexibility index (Phi) is 5.14. The van der Waals surface area contributed by atoms with Crippen LogP contribution in [0.4, 0.5) is 5.82 Å². The van der Waals surface area contributed by atoms with Crippen molar-refractivity contribution in [1.29, 1.82) is 0 Å². The second-order valence-electron chi connectivity index (χ2n) is 6.28. The topological polar surface area (TPSA) is 87.3 Å². The van der Waals surface area contributed by atoms with Crippen molar-refractivity contribution in [2.45, 2.75) is 32.6 Å². The fourth-order valence-electron chi connectivity index (χ4n) is 2.95. The first-order valence-electron chi connectivity index (χ1n) is 8.34. The number of nitrogens with one attached hydrogen (secondary N) is 2. The van der Waals surface area contributed by atoms with Crippen molar-refractivity contribution in [3.05, 3.63) is 58.1 Å². The summed E-state index contributed by atoms with van der Waals surface area (Å²) in [6.45, 7) is 6.04. The van der Waals surface area contributed by atoms with Gasteiger partial charge in [-0.15, -0.1) is 0 Å². The van der Waals surface area contributed by atoms with Crippen LogP contribution in [0.3, 0.4) is 0 Å². The van der Waals surface area contributed by atoms with E-state index in [0.29, 0.717) is 6.54 Å². The van der Waals surface area contributed by atoms with Crippen molar-refractivity contribution in [2.24, 2.45) is 0 Å². The molecule has 2 atom stereocenters. The number of amides is 1. The molecule has 0 unspecified atom stereocenters. The second kappa shape index (κ2) is 7.48. The molecule has 1 aliphatic rings. The van der Waals surface area contributed by atoms with Crippen LogP contribution in [0.25, 0.3) is 0 Å². The van der Waals surface area contributed by atoms with E-state index in [-0.39, 0.29) is 17.8 Å². The summed E-state index contributed by atoms with van der Waals surface area (Å²) in [4.78, 5) is 32.8. The number of H-pyrrole nitrogens is 1. The highest BCUT2D eigenvalue weighted by atomic mass is 16.5. The average molecular weight is 342 g/mol. The number of aromatic amines is 1. The molecule has 0 saturated carbocycles. The number of pyridine rings is 2. The molecule has 3 rings (SSSR count). The zero-order valence-corrected chi connectivity index (χ0v) is 14.4. The summed E-state index contributed by atoms with van der Waals surface area (Å²) in [5.74, 6) is 0.498. The van der Waals surface area contributed by atoms with Crippen LogP contribution in [0.1, 0.15) is 29.8 Å². The third kappa shape index (κ3) is 4.24. The number of carbonyl (C=O) groups is 1. The molecule has 1 saturated heterocycles. The Morgan fingerprint density at radius 2 is 2.08 bits per heavy atom. The van der Waals surface area contributed by atoms with Gasteiger partial charge in [0.1, 0.15) is 11.4 Å². The Balaban J connectivity index is 1.60. The maximum absolute atomic E-state index is 12.1. The van der Waals surface area contributed by atoms with E-state index in [2.05, 4.69) is 34.0 Å². The molecule has 1 amide bonds. The van der Waals surface area contributed by atoms with Gasteiger partial charge in [0.2, 0.25) is 0 Å². The monoisotopic (exact) mass is 342 g/mol. The second-order valence-corrected chi connectivity index (χ2v) is 6.28. The maximum Gasteiger partial charge on any atom is 0.260 e. The van der Waals surface area contributed by atoms with Crippen LogP contribution in [0.15, 0.2) is 41.5 Å². The number of hydrogen-bond acceptors (Lipinski definition) is 5. The molecule has 132 valence electrons. The summed E-state index contributed by atoms with van der Waals surface area (Å²) in [5.41, 5.74) is 0.575. The molecule has 0 spiro atoms. The van der Waals surface area contributed by atoms with E-state index in [1.165, 1.54) is 12.3 Å². The van der Waals surface area contributed by atoms with Gasteiger partial charge in [0.25, 0.3) is 11.5 Å². The predicted molar refractivity (Wildman–Crippen MR) is 94.7 cm³/mol. The Bertz CT molecular complexity index is 777. The third-order valence-electron chi connectivity index (χ3n) is 4.07. The lowest BCUT2D eigenvalue weighted by Gasteiger charge is -2.36. The van der Waals surface area contributed by atoms with Crippen LogP contribution in [-0.2, 0) is 11.3 Å². The molecule has 7 nitrogen and oxygen atoms in total. The van der Waals surface area contributed by atoms with Gasteiger partial charge in [-0.25, -0.2) is 4.98 Å². The molecular formula is C18H22N4O3. The molecule has 3 heterocycles. The lowest BCUT2D eigenvalue weighted by Crippen LogP contribution is -2.45. The van der Waals surface area contributed by atoms with Gasteiger partial charge in [-0.2, -0.15) is 0 Å². The summed E-state index contributed by atoms with van der Waals surface area (Å²) in [6.07, 6.45) is 3.59. The average Bonchev–Trinajstić information content (AvgIpc) is 2.60. The van der Waals surface area contributed by atoms with Crippen molar-refractivity contribution >= 4 is 11.7 Å². The zero-order valence-electron chi connectivity index (χ0n) is 14.4. The third-order valence-corrected chi connectivity index (χ3v) is 4.07. The number of rotatable bonds is 4. The molecule has 1 fully saturated rings. The lowest BCUT2D eigenvalue weighted by molar-refractivity contribution is -0.00546. The van der Waals surface area contributed by atoms with E-state index < -0.39 is 11.5 Å². The molecule has 0 aliphatic carbocycles. The van der Waals surface area contributed by atoms with Crippen LogP contribution >= 0.6 is 0 Å². The van der Waals surface area contributed by atoms with Crippen molar-refractivity contribution in [3.8, 4) is 0 Å². The van der Waals surface area contributed by atoms with Crippen LogP contribution < -0.4 is 15.8 Å². The van der Waals surface area contributed by atoms with Gasteiger partial charge in [-0.1, -0.05) is 6.07 Å². The Hall–Kier alpha value is -2.67. The summed E-state index contributed by atoms with van der Waals surface area (Å²) < 4.78 is 5.73. The van der Waals surface area contributed by atoms with Gasteiger partial charge >= 0.3 is 0 Å². The first kappa shape index (κ1) is 17.2. The van der Waals surface area contributed by atoms with E-state index in [9.17, 15) is 9.59 Å². The van der Waals surface area contributed by atoms with E-state index >= 15 is 0 Å². The highest BCUT2D eigenvalue weighted by molar-refractivity contribution is 5.93. The number of carbonyl (C=O) groups excluding carboxylic acids is 1. The van der Waals surface area contributed by atoms with Gasteiger partial charge in [-0.05, 0) is 37.6 Å². The molecule has 2 aromatic rings. The standard InChI is InChI=1S/C18H22N4O3/c1-12-10-22(11-13(2)25-12)16-6-5-14(8-20-16)9-21-18(24)15-4-3-7-19-17(15)23/h3-8,12-13H,9-11H2,1-2H3,(H,19,23)(H,21,24)/t12-,13+. The van der Waals surface area contributed by atoms with Crippen molar-refractivity contribution in [1.82, 2.24) is 15.3 Å². The van der Waals surface area contributed by atoms with Gasteiger partial charge in [0.15, 0.2) is 0 Å². The van der Waals surface area contributed by atoms with E-state index in [0.717, 1.165) is 24.5 Å². The van der Waals surface area contributed by atoms with Crippen molar-refractivity contribution in [3.63, 3.8) is 0 Å². The van der Waals surface area contributed by atoms with Gasteiger partial charge in [0, 0.05) is 32.0 Å². The largest absolute Gasteiger partial charge is 0.372 e. The maximum atomic E-state index is 12.1. The highest BCUT2D eigenvalue weighted by Gasteiger charge is 2.23. The first-order valence-corrected chi connectivity index (χ1v) is 8.34. The molecule has 0 bridgehead atoms. The van der Waals surface area contributed by atoms with E-state index in [1.54, 1.807) is 12.3 Å². The minimum Gasteiger partial charge on any atom is -0.372 e. The summed E-state index contributed by atoms with van der Waals surface area (Å²) in [7, 11) is 0. The molecule has 25 heavy (non-hydrogen) atoms. The molecule has 7 heteroatoms. The molecule has 0 aromatic carbocycles. The summed E-state index contributed by atoms with van der Waals surface area (Å²) in [6, 6.07) is 7.00. The number of aromatic nitrogens is 2. The Labute approximate surface area is 146 Å². The van der Waals surface area contributed by atoms with Gasteiger partial charge in [0.05, 0.1) is 12.2 Å². The van der Waals surface area contributed by atoms with Crippen LogP contribution in [-0.4, -0.2) is 41.2 Å². The minimum absolute atomic E-state index is 0.100. The van der Waals surface area contributed by atoms with E-state index in [4.69, 9.17) is 4.74 Å². The summed E-state index contributed by atoms with van der Waals surface area (Å²) >= 11 is 0. The zero-order chi connectivity index (χ0) is 17.8. The minimum atomic E-state index is -0.401. The fraction of sp³-hybridized carbons (Fsp3) is 0.389. The quantitative estimate of drug-likeness (QED) is 0.875. The molecule has 0 radical (unpaired) electrons. The van der Waals surface area contributed by atoms with Crippen LogP contribution in [0, 0.1) is 0 Å². The number of anilines is 1. The van der Waals surface area contributed by atoms with Gasteiger partial charge in [-0.3, -0.25) is 9.59 Å². The number of nitrogens with zero attached hydrogens (tertiary/aromatic N) is 2.